The summed E-state index contributed by atoms with van der Waals surface area (Å²) in [5.74, 6) is 0.664. The van der Waals surface area contributed by atoms with Gasteiger partial charge in [0, 0.05) is 20.7 Å². The van der Waals surface area contributed by atoms with E-state index in [4.69, 9.17) is 21.1 Å². The topological polar surface area (TPSA) is 76.6 Å². The fourth-order valence-corrected chi connectivity index (χ4v) is 1.64. The second-order valence-corrected chi connectivity index (χ2v) is 4.08. The van der Waals surface area contributed by atoms with Crippen molar-refractivity contribution < 1.29 is 14.3 Å². The third-order valence-electron chi connectivity index (χ3n) is 2.32. The molecular formula is C11H17ClN4O3. The number of nitrogens with one attached hydrogen (secondary N) is 1. The second kappa shape index (κ2) is 7.75. The quantitative estimate of drug-likeness (QED) is 0.576. The first-order valence-corrected chi connectivity index (χ1v) is 5.99. The average molecular weight is 289 g/mol. The predicted octanol–water partition coefficient (Wildman–Crippen LogP) is 0.337. The molecule has 0 fully saturated rings. The molecule has 19 heavy (non-hydrogen) atoms. The normalized spacial score (nSPS) is 10.1. The van der Waals surface area contributed by atoms with E-state index < -0.39 is 0 Å². The largest absolute Gasteiger partial charge is 0.490 e. The van der Waals surface area contributed by atoms with Gasteiger partial charge in [0.15, 0.2) is 16.7 Å². The standard InChI is InChI=1S/C11H17ClN4O3/c1-16(6-8(17)13-4-5-18-2)11-9(19-3)10(12)14-7-15-11/h7H,4-6H2,1-3H3,(H,13,17). The van der Waals surface area contributed by atoms with Crippen molar-refractivity contribution in [3.63, 3.8) is 0 Å². The van der Waals surface area contributed by atoms with E-state index in [1.54, 1.807) is 19.1 Å². The fraction of sp³-hybridized carbons (Fsp3) is 0.545. The van der Waals surface area contributed by atoms with Crippen molar-refractivity contribution >= 4 is 23.3 Å². The van der Waals surface area contributed by atoms with Crippen LogP contribution in [0.2, 0.25) is 5.15 Å². The van der Waals surface area contributed by atoms with Crippen molar-refractivity contribution in [2.75, 3.05) is 45.9 Å². The molecule has 1 amide bonds. The number of methoxy groups -OCH3 is 2. The van der Waals surface area contributed by atoms with Crippen molar-refractivity contribution in [2.24, 2.45) is 0 Å². The number of aromatic nitrogens is 2. The number of hydrogen-bond donors (Lipinski definition) is 1. The van der Waals surface area contributed by atoms with Crippen LogP contribution in [0.3, 0.4) is 0 Å². The number of amides is 1. The van der Waals surface area contributed by atoms with Crippen molar-refractivity contribution in [3.05, 3.63) is 11.5 Å². The molecule has 0 aliphatic heterocycles. The maximum Gasteiger partial charge on any atom is 0.239 e. The second-order valence-electron chi connectivity index (χ2n) is 3.72. The Morgan fingerprint density at radius 2 is 2.21 bits per heavy atom. The molecule has 0 unspecified atom stereocenters. The van der Waals surface area contributed by atoms with E-state index in [-0.39, 0.29) is 17.6 Å². The minimum Gasteiger partial charge on any atom is -0.490 e. The SMILES string of the molecule is COCCNC(=O)CN(C)c1ncnc(Cl)c1OC. The number of anilines is 1. The summed E-state index contributed by atoms with van der Waals surface area (Å²) in [6, 6.07) is 0. The van der Waals surface area contributed by atoms with Gasteiger partial charge in [-0.25, -0.2) is 9.97 Å². The summed E-state index contributed by atoms with van der Waals surface area (Å²) < 4.78 is 9.97. The molecule has 0 spiro atoms. The van der Waals surface area contributed by atoms with Gasteiger partial charge in [-0.1, -0.05) is 11.6 Å². The molecule has 0 radical (unpaired) electrons. The van der Waals surface area contributed by atoms with Crippen LogP contribution in [0.15, 0.2) is 6.33 Å². The van der Waals surface area contributed by atoms with Crippen LogP contribution in [0.25, 0.3) is 0 Å². The molecule has 0 bridgehead atoms. The van der Waals surface area contributed by atoms with Crippen LogP contribution >= 0.6 is 11.6 Å². The van der Waals surface area contributed by atoms with E-state index in [9.17, 15) is 4.79 Å². The van der Waals surface area contributed by atoms with Gasteiger partial charge in [-0.2, -0.15) is 0 Å². The summed E-state index contributed by atoms with van der Waals surface area (Å²) in [7, 11) is 4.77. The van der Waals surface area contributed by atoms with Crippen molar-refractivity contribution in [2.45, 2.75) is 0 Å². The fourth-order valence-electron chi connectivity index (χ4n) is 1.43. The summed E-state index contributed by atoms with van der Waals surface area (Å²) in [4.78, 5) is 21.2. The van der Waals surface area contributed by atoms with Gasteiger partial charge in [0.05, 0.1) is 20.3 Å². The minimum atomic E-state index is -0.142. The highest BCUT2D eigenvalue weighted by Crippen LogP contribution is 2.30. The van der Waals surface area contributed by atoms with Gasteiger partial charge in [0.2, 0.25) is 5.91 Å². The van der Waals surface area contributed by atoms with Crippen LogP contribution in [0.1, 0.15) is 0 Å². The van der Waals surface area contributed by atoms with E-state index in [0.717, 1.165) is 0 Å². The summed E-state index contributed by atoms with van der Waals surface area (Å²) in [6.45, 7) is 1.07. The lowest BCUT2D eigenvalue weighted by molar-refractivity contribution is -0.119. The number of halogens is 1. The molecule has 8 heteroatoms. The number of likely N-dealkylation sites (N-methyl/N-ethyl adjacent to an activating group) is 1. The summed E-state index contributed by atoms with van der Waals surface area (Å²) in [5.41, 5.74) is 0. The van der Waals surface area contributed by atoms with Crippen LogP contribution in [-0.2, 0) is 9.53 Å². The Balaban J connectivity index is 2.65. The first-order valence-electron chi connectivity index (χ1n) is 5.61. The zero-order valence-corrected chi connectivity index (χ0v) is 11.9. The minimum absolute atomic E-state index is 0.132. The maximum atomic E-state index is 11.7. The number of nitrogens with zero attached hydrogens (tertiary/aromatic N) is 3. The summed E-state index contributed by atoms with van der Waals surface area (Å²) in [6.07, 6.45) is 1.32. The first kappa shape index (κ1) is 15.5. The Labute approximate surface area is 116 Å². The molecule has 0 aliphatic carbocycles. The van der Waals surface area contributed by atoms with E-state index in [2.05, 4.69) is 15.3 Å². The van der Waals surface area contributed by atoms with Gasteiger partial charge in [0.25, 0.3) is 0 Å². The van der Waals surface area contributed by atoms with Crippen molar-refractivity contribution in [1.29, 1.82) is 0 Å². The van der Waals surface area contributed by atoms with Gasteiger partial charge >= 0.3 is 0 Å². The lowest BCUT2D eigenvalue weighted by atomic mass is 10.4. The van der Waals surface area contributed by atoms with Crippen LogP contribution in [-0.4, -0.2) is 56.8 Å². The van der Waals surface area contributed by atoms with Gasteiger partial charge in [0.1, 0.15) is 6.33 Å². The Hall–Kier alpha value is -1.60. The summed E-state index contributed by atoms with van der Waals surface area (Å²) >= 11 is 5.89. The highest BCUT2D eigenvalue weighted by molar-refractivity contribution is 6.31. The number of carbonyl (C=O) groups excluding carboxylic acids is 1. The Bertz CT molecular complexity index is 430. The highest BCUT2D eigenvalue weighted by Gasteiger charge is 2.16. The van der Waals surface area contributed by atoms with Crippen LogP contribution in [0, 0.1) is 0 Å². The zero-order valence-electron chi connectivity index (χ0n) is 11.1. The molecule has 1 rings (SSSR count). The van der Waals surface area contributed by atoms with Crippen molar-refractivity contribution in [1.82, 2.24) is 15.3 Å². The number of ether oxygens (including phenoxy) is 2. The molecule has 1 heterocycles. The zero-order chi connectivity index (χ0) is 14.3. The molecule has 0 saturated heterocycles. The van der Waals surface area contributed by atoms with E-state index in [1.165, 1.54) is 13.4 Å². The lowest BCUT2D eigenvalue weighted by Gasteiger charge is -2.19. The monoisotopic (exact) mass is 288 g/mol. The first-order chi connectivity index (χ1) is 9.10. The molecule has 1 N–H and O–H groups in total. The Kier molecular flexibility index (Phi) is 6.31. The van der Waals surface area contributed by atoms with Crippen molar-refractivity contribution in [3.8, 4) is 5.75 Å². The average Bonchev–Trinajstić information content (AvgIpc) is 2.38. The van der Waals surface area contributed by atoms with Gasteiger partial charge in [-0.05, 0) is 0 Å². The summed E-state index contributed by atoms with van der Waals surface area (Å²) in [5, 5.41) is 2.92. The lowest BCUT2D eigenvalue weighted by Crippen LogP contribution is -2.37. The van der Waals surface area contributed by atoms with Crippen LogP contribution in [0.5, 0.6) is 5.75 Å². The smallest absolute Gasteiger partial charge is 0.239 e. The Morgan fingerprint density at radius 3 is 2.84 bits per heavy atom. The van der Waals surface area contributed by atoms with E-state index in [1.807, 2.05) is 0 Å². The molecule has 106 valence electrons. The molecule has 1 aromatic rings. The molecule has 0 aromatic carbocycles. The molecule has 1 aromatic heterocycles. The predicted molar refractivity (Wildman–Crippen MR) is 71.7 cm³/mol. The third kappa shape index (κ3) is 4.53. The van der Waals surface area contributed by atoms with Gasteiger partial charge in [-0.3, -0.25) is 4.79 Å². The molecule has 7 nitrogen and oxygen atoms in total. The van der Waals surface area contributed by atoms with E-state index >= 15 is 0 Å². The Morgan fingerprint density at radius 1 is 1.47 bits per heavy atom. The highest BCUT2D eigenvalue weighted by atomic mass is 35.5. The molecule has 0 saturated carbocycles. The molecular weight excluding hydrogens is 272 g/mol. The molecule has 0 aliphatic rings. The number of hydrogen-bond acceptors (Lipinski definition) is 6. The van der Waals surface area contributed by atoms with Crippen LogP contribution < -0.4 is 15.0 Å². The third-order valence-corrected chi connectivity index (χ3v) is 2.59. The maximum absolute atomic E-state index is 11.7. The number of carbonyl (C=O) groups is 1. The van der Waals surface area contributed by atoms with Gasteiger partial charge in [-0.15, -0.1) is 0 Å². The number of rotatable bonds is 7. The van der Waals surface area contributed by atoms with Gasteiger partial charge < -0.3 is 19.7 Å². The van der Waals surface area contributed by atoms with Crippen LogP contribution in [0.4, 0.5) is 5.82 Å². The molecule has 0 atom stereocenters. The van der Waals surface area contributed by atoms with E-state index in [0.29, 0.717) is 24.7 Å².